The van der Waals surface area contributed by atoms with Gasteiger partial charge < -0.3 is 15.2 Å². The maximum atomic E-state index is 13.5. The molecule has 3 rings (SSSR count). The maximum absolute atomic E-state index is 13.5. The van der Waals surface area contributed by atoms with Crippen LogP contribution >= 0.6 is 0 Å². The molecule has 2 aliphatic heterocycles. The van der Waals surface area contributed by atoms with E-state index in [0.717, 1.165) is 0 Å². The van der Waals surface area contributed by atoms with Gasteiger partial charge >= 0.3 is 5.97 Å². The third kappa shape index (κ3) is 2.42. The van der Waals surface area contributed by atoms with E-state index < -0.39 is 41.7 Å². The monoisotopic (exact) mass is 291 g/mol. The summed E-state index contributed by atoms with van der Waals surface area (Å²) in [5.41, 5.74) is 0.359. The molecule has 6 heteroatoms. The minimum atomic E-state index is -1.06. The van der Waals surface area contributed by atoms with E-state index in [4.69, 9.17) is 4.74 Å². The third-order valence-corrected chi connectivity index (χ3v) is 3.90. The van der Waals surface area contributed by atoms with Crippen molar-refractivity contribution in [1.29, 1.82) is 0 Å². The van der Waals surface area contributed by atoms with Crippen molar-refractivity contribution < 1.29 is 23.8 Å². The summed E-state index contributed by atoms with van der Waals surface area (Å²) in [5, 5.41) is 11.8. The average Bonchev–Trinajstić information content (AvgIpc) is 3.06. The molecule has 1 aromatic rings. The van der Waals surface area contributed by atoms with E-state index >= 15 is 0 Å². The fraction of sp³-hybridized carbons (Fsp3) is 0.333. The molecule has 2 heterocycles. The van der Waals surface area contributed by atoms with Crippen molar-refractivity contribution in [2.45, 2.75) is 18.8 Å². The van der Waals surface area contributed by atoms with E-state index in [0.29, 0.717) is 5.56 Å². The summed E-state index contributed by atoms with van der Waals surface area (Å²) in [5.74, 6) is -3.55. The zero-order chi connectivity index (χ0) is 15.0. The number of amides is 1. The number of rotatable bonds is 4. The quantitative estimate of drug-likeness (QED) is 0.814. The van der Waals surface area contributed by atoms with Crippen LogP contribution in [-0.2, 0) is 20.9 Å². The fourth-order valence-corrected chi connectivity index (χ4v) is 2.86. The zero-order valence-corrected chi connectivity index (χ0v) is 11.0. The first-order valence-corrected chi connectivity index (χ1v) is 6.65. The molecule has 0 unspecified atom stereocenters. The standard InChI is InChI=1S/C15H14FNO4/c16-9-4-2-1-3-8(9)7-17-14(18)12-10-5-6-11(21-10)13(12)15(19)20/h1-6,10-13H,7H2,(H,17,18)(H,19,20)/t10-,11-,12-,13-/m1/s1. The van der Waals surface area contributed by atoms with Crippen molar-refractivity contribution in [1.82, 2.24) is 5.32 Å². The highest BCUT2D eigenvalue weighted by Crippen LogP contribution is 2.39. The smallest absolute Gasteiger partial charge is 0.310 e. The molecule has 5 nitrogen and oxygen atoms in total. The van der Waals surface area contributed by atoms with E-state index in [-0.39, 0.29) is 6.54 Å². The van der Waals surface area contributed by atoms with Crippen LogP contribution in [0.25, 0.3) is 0 Å². The van der Waals surface area contributed by atoms with Crippen LogP contribution < -0.4 is 5.32 Å². The fourth-order valence-electron chi connectivity index (χ4n) is 2.86. The van der Waals surface area contributed by atoms with E-state index in [2.05, 4.69) is 5.32 Å². The number of hydrogen-bond donors (Lipinski definition) is 2. The molecule has 110 valence electrons. The Morgan fingerprint density at radius 2 is 1.86 bits per heavy atom. The lowest BCUT2D eigenvalue weighted by molar-refractivity contribution is -0.146. The van der Waals surface area contributed by atoms with Crippen LogP contribution in [0.1, 0.15) is 5.56 Å². The summed E-state index contributed by atoms with van der Waals surface area (Å²) >= 11 is 0. The van der Waals surface area contributed by atoms with Gasteiger partial charge in [-0.05, 0) is 6.07 Å². The summed E-state index contributed by atoms with van der Waals surface area (Å²) in [6.07, 6.45) is 2.30. The molecule has 0 aliphatic carbocycles. The van der Waals surface area contributed by atoms with Gasteiger partial charge in [0.05, 0.1) is 18.1 Å². The Morgan fingerprint density at radius 1 is 1.19 bits per heavy atom. The lowest BCUT2D eigenvalue weighted by atomic mass is 9.82. The second-order valence-electron chi connectivity index (χ2n) is 5.15. The Hall–Kier alpha value is -2.21. The van der Waals surface area contributed by atoms with Crippen molar-refractivity contribution in [2.75, 3.05) is 0 Å². The van der Waals surface area contributed by atoms with Gasteiger partial charge in [-0.3, -0.25) is 9.59 Å². The van der Waals surface area contributed by atoms with Crippen LogP contribution in [0.2, 0.25) is 0 Å². The molecular weight excluding hydrogens is 277 g/mol. The molecule has 1 saturated heterocycles. The number of hydrogen-bond acceptors (Lipinski definition) is 3. The lowest BCUT2D eigenvalue weighted by Crippen LogP contribution is -2.42. The Balaban J connectivity index is 1.69. The van der Waals surface area contributed by atoms with Crippen LogP contribution in [0.4, 0.5) is 4.39 Å². The van der Waals surface area contributed by atoms with Gasteiger partial charge in [-0.15, -0.1) is 0 Å². The molecular formula is C15H14FNO4. The summed E-state index contributed by atoms with van der Waals surface area (Å²) in [6, 6.07) is 6.12. The molecule has 4 atom stereocenters. The van der Waals surface area contributed by atoms with E-state index in [1.165, 1.54) is 6.07 Å². The lowest BCUT2D eigenvalue weighted by Gasteiger charge is -2.21. The Bertz CT molecular complexity index is 615. The normalized spacial score (nSPS) is 29.6. The van der Waals surface area contributed by atoms with Gasteiger partial charge in [0.15, 0.2) is 0 Å². The number of halogens is 1. The predicted molar refractivity (Wildman–Crippen MR) is 70.7 cm³/mol. The molecule has 2 N–H and O–H groups in total. The van der Waals surface area contributed by atoms with Crippen LogP contribution in [0.15, 0.2) is 36.4 Å². The molecule has 0 spiro atoms. The number of carboxylic acid groups (broad SMARTS) is 1. The Kier molecular flexibility index (Phi) is 3.47. The summed E-state index contributed by atoms with van der Waals surface area (Å²) < 4.78 is 18.9. The highest BCUT2D eigenvalue weighted by atomic mass is 19.1. The number of aliphatic carboxylic acids is 1. The van der Waals surface area contributed by atoms with E-state index in [9.17, 15) is 19.1 Å². The Morgan fingerprint density at radius 3 is 2.52 bits per heavy atom. The van der Waals surface area contributed by atoms with Crippen molar-refractivity contribution in [3.63, 3.8) is 0 Å². The highest BCUT2D eigenvalue weighted by Gasteiger charge is 2.53. The molecule has 21 heavy (non-hydrogen) atoms. The summed E-state index contributed by atoms with van der Waals surface area (Å²) in [4.78, 5) is 23.5. The number of nitrogens with one attached hydrogen (secondary N) is 1. The first-order valence-electron chi connectivity index (χ1n) is 6.65. The minimum absolute atomic E-state index is 0.0233. The molecule has 0 saturated carbocycles. The highest BCUT2D eigenvalue weighted by molar-refractivity contribution is 5.87. The van der Waals surface area contributed by atoms with Gasteiger partial charge in [0.25, 0.3) is 0 Å². The van der Waals surface area contributed by atoms with Gasteiger partial charge in [0, 0.05) is 12.1 Å². The van der Waals surface area contributed by atoms with Gasteiger partial charge in [-0.25, -0.2) is 4.39 Å². The second kappa shape index (κ2) is 5.29. The number of carbonyl (C=O) groups excluding carboxylic acids is 1. The van der Waals surface area contributed by atoms with Gasteiger partial charge in [-0.2, -0.15) is 0 Å². The SMILES string of the molecule is O=C(O)[C@H]1[C@H](C(=O)NCc2ccccc2F)[C@H]2C=C[C@H]1O2. The van der Waals surface area contributed by atoms with Gasteiger partial charge in [0.2, 0.25) is 5.91 Å². The predicted octanol–water partition coefficient (Wildman–Crippen LogP) is 1.10. The first kappa shape index (κ1) is 13.8. The van der Waals surface area contributed by atoms with Crippen LogP contribution in [0.5, 0.6) is 0 Å². The molecule has 1 amide bonds. The average molecular weight is 291 g/mol. The first-order chi connectivity index (χ1) is 10.1. The number of carbonyl (C=O) groups is 2. The number of ether oxygens (including phenoxy) is 1. The van der Waals surface area contributed by atoms with Crippen LogP contribution in [0, 0.1) is 17.7 Å². The van der Waals surface area contributed by atoms with E-state index in [1.807, 2.05) is 0 Å². The van der Waals surface area contributed by atoms with Crippen molar-refractivity contribution in [3.8, 4) is 0 Å². The minimum Gasteiger partial charge on any atom is -0.481 e. The maximum Gasteiger partial charge on any atom is 0.310 e. The molecule has 0 aromatic heterocycles. The molecule has 1 aromatic carbocycles. The van der Waals surface area contributed by atoms with Crippen molar-refractivity contribution in [2.24, 2.45) is 11.8 Å². The summed E-state index contributed by atoms with van der Waals surface area (Å²) in [6.45, 7) is 0.0233. The number of fused-ring (bicyclic) bond motifs is 2. The Labute approximate surface area is 120 Å². The number of carboxylic acids is 1. The van der Waals surface area contributed by atoms with E-state index in [1.54, 1.807) is 30.4 Å². The van der Waals surface area contributed by atoms with Gasteiger partial charge in [0.1, 0.15) is 11.7 Å². The largest absolute Gasteiger partial charge is 0.481 e. The number of benzene rings is 1. The molecule has 2 aliphatic rings. The third-order valence-electron chi connectivity index (χ3n) is 3.90. The van der Waals surface area contributed by atoms with Gasteiger partial charge in [-0.1, -0.05) is 30.4 Å². The summed E-state index contributed by atoms with van der Waals surface area (Å²) in [7, 11) is 0. The van der Waals surface area contributed by atoms with Crippen molar-refractivity contribution >= 4 is 11.9 Å². The topological polar surface area (TPSA) is 75.6 Å². The second-order valence-corrected chi connectivity index (χ2v) is 5.15. The van der Waals surface area contributed by atoms with Crippen LogP contribution in [0.3, 0.4) is 0 Å². The molecule has 2 bridgehead atoms. The molecule has 0 radical (unpaired) electrons. The van der Waals surface area contributed by atoms with Crippen LogP contribution in [-0.4, -0.2) is 29.2 Å². The van der Waals surface area contributed by atoms with Crippen molar-refractivity contribution in [3.05, 3.63) is 47.8 Å². The zero-order valence-electron chi connectivity index (χ0n) is 11.0. The molecule has 1 fully saturated rings.